The van der Waals surface area contributed by atoms with E-state index in [9.17, 15) is 18.0 Å². The van der Waals surface area contributed by atoms with Crippen molar-refractivity contribution in [1.29, 1.82) is 0 Å². The maximum Gasteiger partial charge on any atom is 0.390 e. The summed E-state index contributed by atoms with van der Waals surface area (Å²) in [6.07, 6.45) is -2.70. The second-order valence-corrected chi connectivity index (χ2v) is 11.4. The van der Waals surface area contributed by atoms with Gasteiger partial charge in [0.05, 0.1) is 23.4 Å². The quantitative estimate of drug-likeness (QED) is 0.462. The first-order valence-electron chi connectivity index (χ1n) is 13.5. The number of anilines is 2. The number of carbonyl (C=O) groups is 1. The van der Waals surface area contributed by atoms with E-state index in [-0.39, 0.29) is 12.1 Å². The number of benzene rings is 2. The van der Waals surface area contributed by atoms with Crippen LogP contribution in [0.15, 0.2) is 36.4 Å². The van der Waals surface area contributed by atoms with Gasteiger partial charge >= 0.3 is 6.18 Å². The molecule has 2 aromatic rings. The highest BCUT2D eigenvalue weighted by atomic mass is 35.5. The number of hydrogen-bond donors (Lipinski definition) is 2. The highest BCUT2D eigenvalue weighted by Crippen LogP contribution is 2.37. The van der Waals surface area contributed by atoms with Crippen LogP contribution in [0.5, 0.6) is 0 Å². The molecule has 39 heavy (non-hydrogen) atoms. The van der Waals surface area contributed by atoms with Crippen LogP contribution in [0, 0.1) is 11.2 Å². The molecule has 1 atom stereocenters. The predicted molar refractivity (Wildman–Crippen MR) is 145 cm³/mol. The van der Waals surface area contributed by atoms with Gasteiger partial charge in [-0.2, -0.15) is 13.2 Å². The van der Waals surface area contributed by atoms with Crippen LogP contribution in [0.4, 0.5) is 28.9 Å². The summed E-state index contributed by atoms with van der Waals surface area (Å²) in [5.74, 6) is -1.14. The van der Waals surface area contributed by atoms with Gasteiger partial charge in [0.25, 0.3) is 5.91 Å². The monoisotopic (exact) mass is 567 g/mol. The maximum absolute atomic E-state index is 15.1. The molecule has 2 N–H and O–H groups in total. The Kier molecular flexibility index (Phi) is 8.37. The number of halogens is 5. The molecule has 3 aliphatic heterocycles. The first-order chi connectivity index (χ1) is 18.6. The van der Waals surface area contributed by atoms with Crippen molar-refractivity contribution in [2.24, 2.45) is 5.41 Å². The molecule has 1 unspecified atom stereocenters. The third-order valence-corrected chi connectivity index (χ3v) is 8.40. The fourth-order valence-corrected chi connectivity index (χ4v) is 6.13. The smallest absolute Gasteiger partial charge is 0.367 e. The number of likely N-dealkylation sites (tertiary alicyclic amines) is 1. The van der Waals surface area contributed by atoms with Gasteiger partial charge in [0.1, 0.15) is 5.82 Å². The zero-order valence-corrected chi connectivity index (χ0v) is 22.6. The summed E-state index contributed by atoms with van der Waals surface area (Å²) < 4.78 is 52.8. The third-order valence-electron chi connectivity index (χ3n) is 8.17. The van der Waals surface area contributed by atoms with Crippen molar-refractivity contribution < 1.29 is 22.4 Å². The predicted octanol–water partition coefficient (Wildman–Crippen LogP) is 4.99. The number of nitrogens with one attached hydrogen (secondary N) is 2. The van der Waals surface area contributed by atoms with Gasteiger partial charge in [-0.3, -0.25) is 14.6 Å². The van der Waals surface area contributed by atoms with Crippen molar-refractivity contribution in [1.82, 2.24) is 15.1 Å². The minimum atomic E-state index is -4.18. The molecule has 3 heterocycles. The second kappa shape index (κ2) is 11.6. The summed E-state index contributed by atoms with van der Waals surface area (Å²) >= 11 is 6.23. The molecule has 2 aromatic carbocycles. The largest absolute Gasteiger partial charge is 0.390 e. The summed E-state index contributed by atoms with van der Waals surface area (Å²) in [5.41, 5.74) is 2.26. The molecule has 1 amide bonds. The summed E-state index contributed by atoms with van der Waals surface area (Å²) in [5, 5.41) is 6.73. The molecule has 0 radical (unpaired) electrons. The molecule has 3 fully saturated rings. The van der Waals surface area contributed by atoms with E-state index in [1.807, 2.05) is 4.90 Å². The third kappa shape index (κ3) is 7.03. The van der Waals surface area contributed by atoms with E-state index in [1.54, 1.807) is 29.2 Å². The fraction of sp³-hybridized carbons (Fsp3) is 0.536. The van der Waals surface area contributed by atoms with Crippen LogP contribution in [0.2, 0.25) is 5.02 Å². The van der Waals surface area contributed by atoms with E-state index in [0.29, 0.717) is 54.5 Å². The summed E-state index contributed by atoms with van der Waals surface area (Å²) in [4.78, 5) is 19.2. The normalized spacial score (nSPS) is 22.6. The minimum Gasteiger partial charge on any atom is -0.367 e. The van der Waals surface area contributed by atoms with Gasteiger partial charge in [0.15, 0.2) is 0 Å². The molecule has 1 spiro atoms. The molecular formula is C28H34ClF4N5O. The van der Waals surface area contributed by atoms with Crippen molar-refractivity contribution in [2.45, 2.75) is 32.0 Å². The van der Waals surface area contributed by atoms with Gasteiger partial charge in [-0.05, 0) is 67.2 Å². The molecule has 5 rings (SSSR count). The van der Waals surface area contributed by atoms with Crippen molar-refractivity contribution in [3.8, 4) is 0 Å². The Labute approximate surface area is 231 Å². The fourth-order valence-electron chi connectivity index (χ4n) is 5.96. The SMILES string of the molecule is O=C(Nc1ccc(Cl)cc1N1CCN(CCC(F)(F)F)CC1)c1ccc(CN2CCC3(CCNC3)C2)cc1F. The van der Waals surface area contributed by atoms with Gasteiger partial charge in [-0.25, -0.2) is 4.39 Å². The van der Waals surface area contributed by atoms with Crippen molar-refractivity contribution >= 4 is 28.9 Å². The Morgan fingerprint density at radius 2 is 1.82 bits per heavy atom. The van der Waals surface area contributed by atoms with Crippen LogP contribution in [0.3, 0.4) is 0 Å². The zero-order chi connectivity index (χ0) is 27.6. The molecule has 3 saturated heterocycles. The number of amides is 1. The van der Waals surface area contributed by atoms with E-state index in [2.05, 4.69) is 15.5 Å². The average molecular weight is 568 g/mol. The highest BCUT2D eigenvalue weighted by Gasteiger charge is 2.40. The van der Waals surface area contributed by atoms with Crippen LogP contribution >= 0.6 is 11.6 Å². The Balaban J connectivity index is 1.21. The van der Waals surface area contributed by atoms with Crippen LogP contribution in [0.1, 0.15) is 35.2 Å². The lowest BCUT2D eigenvalue weighted by Crippen LogP contribution is -2.47. The maximum atomic E-state index is 15.1. The molecule has 6 nitrogen and oxygen atoms in total. The molecule has 0 bridgehead atoms. The number of carbonyl (C=O) groups excluding carboxylic acids is 1. The van der Waals surface area contributed by atoms with Gasteiger partial charge in [0.2, 0.25) is 0 Å². The van der Waals surface area contributed by atoms with Gasteiger partial charge < -0.3 is 15.5 Å². The molecule has 0 aliphatic carbocycles. The van der Waals surface area contributed by atoms with Crippen LogP contribution < -0.4 is 15.5 Å². The molecular weight excluding hydrogens is 534 g/mol. The summed E-state index contributed by atoms with van der Waals surface area (Å²) in [6.45, 7) is 6.58. The summed E-state index contributed by atoms with van der Waals surface area (Å²) in [7, 11) is 0. The zero-order valence-electron chi connectivity index (χ0n) is 21.8. The second-order valence-electron chi connectivity index (χ2n) is 11.0. The van der Waals surface area contributed by atoms with Crippen molar-refractivity contribution in [3.63, 3.8) is 0 Å². The first kappa shape index (κ1) is 28.1. The van der Waals surface area contributed by atoms with Crippen molar-refractivity contribution in [3.05, 3.63) is 58.4 Å². The van der Waals surface area contributed by atoms with E-state index in [1.165, 1.54) is 18.6 Å². The van der Waals surface area contributed by atoms with Crippen LogP contribution in [-0.2, 0) is 6.54 Å². The Bertz CT molecular complexity index is 1180. The number of alkyl halides is 3. The van der Waals surface area contributed by atoms with Gasteiger partial charge in [-0.1, -0.05) is 17.7 Å². The number of nitrogens with zero attached hydrogens (tertiary/aromatic N) is 3. The number of piperazine rings is 1. The van der Waals surface area contributed by atoms with Crippen LogP contribution in [-0.4, -0.2) is 80.8 Å². The average Bonchev–Trinajstić information content (AvgIpc) is 3.52. The lowest BCUT2D eigenvalue weighted by molar-refractivity contribution is -0.138. The first-order valence-corrected chi connectivity index (χ1v) is 13.8. The van der Waals surface area contributed by atoms with Crippen LogP contribution in [0.25, 0.3) is 0 Å². The van der Waals surface area contributed by atoms with Crippen molar-refractivity contribution in [2.75, 3.05) is 69.1 Å². The molecule has 0 saturated carbocycles. The van der Waals surface area contributed by atoms with Gasteiger partial charge in [0, 0.05) is 57.4 Å². The lowest BCUT2D eigenvalue weighted by Gasteiger charge is -2.37. The van der Waals surface area contributed by atoms with E-state index in [4.69, 9.17) is 11.6 Å². The topological polar surface area (TPSA) is 50.9 Å². The lowest BCUT2D eigenvalue weighted by atomic mass is 9.86. The molecule has 3 aliphatic rings. The van der Waals surface area contributed by atoms with Gasteiger partial charge in [-0.15, -0.1) is 0 Å². The molecule has 11 heteroatoms. The molecule has 212 valence electrons. The summed E-state index contributed by atoms with van der Waals surface area (Å²) in [6, 6.07) is 9.79. The Hall–Kier alpha value is -2.40. The Morgan fingerprint density at radius 1 is 1.03 bits per heavy atom. The number of hydrogen-bond acceptors (Lipinski definition) is 5. The molecule has 0 aromatic heterocycles. The van der Waals surface area contributed by atoms with E-state index in [0.717, 1.165) is 38.2 Å². The Morgan fingerprint density at radius 3 is 2.51 bits per heavy atom. The van der Waals surface area contributed by atoms with E-state index >= 15 is 4.39 Å². The standard InChI is InChI=1S/C28H34ClF4N5O/c29-21-2-4-24(25(16-21)38-13-11-36(12-14-38)10-7-28(31,32)33)35-26(39)22-3-1-20(15-23(22)30)17-37-9-6-27(19-37)5-8-34-18-27/h1-4,15-16,34H,5-14,17-19H2,(H,35,39). The van der Waals surface area contributed by atoms with E-state index < -0.39 is 24.3 Å². The highest BCUT2D eigenvalue weighted by molar-refractivity contribution is 6.31. The number of rotatable bonds is 7. The minimum absolute atomic E-state index is 0.0401.